The lowest BCUT2D eigenvalue weighted by molar-refractivity contribution is -0.138. The van der Waals surface area contributed by atoms with Gasteiger partial charge in [-0.15, -0.1) is 0 Å². The molecule has 1 saturated carbocycles. The fourth-order valence-electron chi connectivity index (χ4n) is 4.96. The Morgan fingerprint density at radius 3 is 2.00 bits per heavy atom. The molecule has 0 radical (unpaired) electrons. The predicted octanol–water partition coefficient (Wildman–Crippen LogP) is 3.30. The maximum atomic E-state index is 13.0. The number of benzene rings is 2. The largest absolute Gasteiger partial charge is 0.340 e. The lowest BCUT2D eigenvalue weighted by Gasteiger charge is -2.41. The number of nitrogens with zero attached hydrogens (tertiary/aromatic N) is 2. The first kappa shape index (κ1) is 19.2. The number of hydrogen-bond acceptors (Lipinski definition) is 3. The summed E-state index contributed by atoms with van der Waals surface area (Å²) in [6, 6.07) is 21.6. The summed E-state index contributed by atoms with van der Waals surface area (Å²) in [5.41, 5.74) is 8.53. The smallest absolute Gasteiger partial charge is 0.226 e. The van der Waals surface area contributed by atoms with E-state index in [2.05, 4.69) is 70.5 Å². The maximum Gasteiger partial charge on any atom is 0.226 e. The maximum absolute atomic E-state index is 13.0. The van der Waals surface area contributed by atoms with Gasteiger partial charge in [0.25, 0.3) is 0 Å². The van der Waals surface area contributed by atoms with E-state index in [0.717, 1.165) is 45.4 Å². The summed E-state index contributed by atoms with van der Waals surface area (Å²) >= 11 is 0. The molecule has 1 aliphatic heterocycles. The van der Waals surface area contributed by atoms with Crippen LogP contribution in [0, 0.1) is 11.8 Å². The van der Waals surface area contributed by atoms with Crippen LogP contribution >= 0.6 is 0 Å². The summed E-state index contributed by atoms with van der Waals surface area (Å²) < 4.78 is 0. The van der Waals surface area contributed by atoms with Crippen molar-refractivity contribution < 1.29 is 4.79 Å². The molecule has 2 N–H and O–H groups in total. The van der Waals surface area contributed by atoms with E-state index in [1.807, 2.05) is 0 Å². The van der Waals surface area contributed by atoms with Crippen LogP contribution in [0.2, 0.25) is 0 Å². The van der Waals surface area contributed by atoms with Crippen LogP contribution in [0.25, 0.3) is 0 Å². The van der Waals surface area contributed by atoms with Crippen molar-refractivity contribution in [3.05, 3.63) is 71.8 Å². The molecule has 1 amide bonds. The van der Waals surface area contributed by atoms with Crippen LogP contribution in [-0.4, -0.2) is 48.4 Å². The third-order valence-corrected chi connectivity index (χ3v) is 6.50. The number of hydrogen-bond donors (Lipinski definition) is 1. The van der Waals surface area contributed by atoms with Gasteiger partial charge in [0.2, 0.25) is 5.91 Å². The van der Waals surface area contributed by atoms with Crippen molar-refractivity contribution >= 4 is 5.91 Å². The Balaban J connectivity index is 1.47. The molecule has 148 valence electrons. The van der Waals surface area contributed by atoms with Gasteiger partial charge < -0.3 is 10.6 Å². The van der Waals surface area contributed by atoms with E-state index in [9.17, 15) is 4.79 Å². The summed E-state index contributed by atoms with van der Waals surface area (Å²) in [6.07, 6.45) is 3.26. The quantitative estimate of drug-likeness (QED) is 0.870. The molecular formula is C24H31N3O. The van der Waals surface area contributed by atoms with Crippen LogP contribution in [0.5, 0.6) is 0 Å². The Morgan fingerprint density at radius 1 is 0.893 bits per heavy atom. The second-order valence-corrected chi connectivity index (χ2v) is 8.12. The fraction of sp³-hybridized carbons (Fsp3) is 0.458. The molecule has 1 aliphatic carbocycles. The molecule has 1 saturated heterocycles. The molecular weight excluding hydrogens is 346 g/mol. The van der Waals surface area contributed by atoms with Crippen LogP contribution in [-0.2, 0) is 4.79 Å². The summed E-state index contributed by atoms with van der Waals surface area (Å²) in [4.78, 5) is 17.6. The van der Waals surface area contributed by atoms with Crippen molar-refractivity contribution in [1.29, 1.82) is 0 Å². The van der Waals surface area contributed by atoms with Crippen LogP contribution in [0.15, 0.2) is 60.7 Å². The Labute approximate surface area is 168 Å². The number of rotatable bonds is 5. The lowest BCUT2D eigenvalue weighted by Crippen LogP contribution is -2.51. The van der Waals surface area contributed by atoms with E-state index < -0.39 is 0 Å². The Bertz CT molecular complexity index is 716. The van der Waals surface area contributed by atoms with E-state index in [1.54, 1.807) is 0 Å². The number of carbonyl (C=O) groups is 1. The van der Waals surface area contributed by atoms with Gasteiger partial charge in [-0.05, 0) is 36.4 Å². The summed E-state index contributed by atoms with van der Waals surface area (Å²) in [7, 11) is 0. The molecule has 0 unspecified atom stereocenters. The fourth-order valence-corrected chi connectivity index (χ4v) is 4.96. The molecule has 28 heavy (non-hydrogen) atoms. The summed E-state index contributed by atoms with van der Waals surface area (Å²) in [5, 5.41) is 0. The monoisotopic (exact) mass is 377 g/mol. The van der Waals surface area contributed by atoms with Gasteiger partial charge in [-0.3, -0.25) is 9.69 Å². The van der Waals surface area contributed by atoms with Crippen molar-refractivity contribution in [2.24, 2.45) is 17.6 Å². The number of nitrogens with two attached hydrogens (primary N) is 1. The number of amides is 1. The first-order valence-corrected chi connectivity index (χ1v) is 10.6. The zero-order chi connectivity index (χ0) is 19.3. The predicted molar refractivity (Wildman–Crippen MR) is 113 cm³/mol. The highest BCUT2D eigenvalue weighted by molar-refractivity contribution is 5.79. The van der Waals surface area contributed by atoms with E-state index >= 15 is 0 Å². The number of carbonyl (C=O) groups excluding carboxylic acids is 1. The molecule has 4 rings (SSSR count). The summed E-state index contributed by atoms with van der Waals surface area (Å²) in [5.74, 6) is 0.867. The van der Waals surface area contributed by atoms with Gasteiger partial charge >= 0.3 is 0 Å². The van der Waals surface area contributed by atoms with Gasteiger partial charge in [0.05, 0.1) is 6.04 Å². The van der Waals surface area contributed by atoms with Crippen LogP contribution < -0.4 is 5.73 Å². The first-order valence-electron chi connectivity index (χ1n) is 10.6. The molecule has 1 heterocycles. The van der Waals surface area contributed by atoms with Crippen molar-refractivity contribution in [1.82, 2.24) is 9.80 Å². The summed E-state index contributed by atoms with van der Waals surface area (Å²) in [6.45, 7) is 4.06. The minimum absolute atomic E-state index is 0.149. The molecule has 0 aromatic heterocycles. The molecule has 2 atom stereocenters. The lowest BCUT2D eigenvalue weighted by atomic mass is 9.94. The van der Waals surface area contributed by atoms with Gasteiger partial charge in [0.1, 0.15) is 0 Å². The van der Waals surface area contributed by atoms with Gasteiger partial charge in [0, 0.05) is 32.1 Å². The molecule has 2 aliphatic rings. The van der Waals surface area contributed by atoms with E-state index in [0.29, 0.717) is 18.4 Å². The SMILES string of the molecule is NC[C@H]1CCC[C@H]1C(=O)N1CCN(C(c2ccccc2)c2ccccc2)CC1. The van der Waals surface area contributed by atoms with Crippen LogP contribution in [0.4, 0.5) is 0 Å². The van der Waals surface area contributed by atoms with Gasteiger partial charge in [-0.2, -0.15) is 0 Å². The third kappa shape index (κ3) is 3.98. The van der Waals surface area contributed by atoms with E-state index in [4.69, 9.17) is 5.73 Å². The second-order valence-electron chi connectivity index (χ2n) is 8.12. The third-order valence-electron chi connectivity index (χ3n) is 6.50. The van der Waals surface area contributed by atoms with E-state index in [1.165, 1.54) is 11.1 Å². The molecule has 2 fully saturated rings. The van der Waals surface area contributed by atoms with Crippen LogP contribution in [0.1, 0.15) is 36.4 Å². The first-order chi connectivity index (χ1) is 13.8. The Hall–Kier alpha value is -2.17. The standard InChI is InChI=1S/C24H31N3O/c25-18-21-12-7-13-22(21)24(28)27-16-14-26(15-17-27)23(19-8-3-1-4-9-19)20-10-5-2-6-11-20/h1-6,8-11,21-23H,7,12-18,25H2/t21-,22-/m1/s1. The molecule has 0 bridgehead atoms. The molecule has 4 heteroatoms. The van der Waals surface area contributed by atoms with Crippen molar-refractivity contribution in [3.8, 4) is 0 Å². The minimum Gasteiger partial charge on any atom is -0.340 e. The normalized spacial score (nSPS) is 23.3. The van der Waals surface area contributed by atoms with Crippen molar-refractivity contribution in [2.75, 3.05) is 32.7 Å². The molecule has 2 aromatic carbocycles. The topological polar surface area (TPSA) is 49.6 Å². The van der Waals surface area contributed by atoms with Crippen molar-refractivity contribution in [2.45, 2.75) is 25.3 Å². The number of piperazine rings is 1. The minimum atomic E-state index is 0.149. The average molecular weight is 378 g/mol. The molecule has 4 nitrogen and oxygen atoms in total. The van der Waals surface area contributed by atoms with Crippen LogP contribution in [0.3, 0.4) is 0 Å². The molecule has 0 spiro atoms. The van der Waals surface area contributed by atoms with E-state index in [-0.39, 0.29) is 12.0 Å². The Kier molecular flexibility index (Phi) is 6.08. The van der Waals surface area contributed by atoms with Gasteiger partial charge in [-0.25, -0.2) is 0 Å². The highest BCUT2D eigenvalue weighted by Gasteiger charge is 2.36. The highest BCUT2D eigenvalue weighted by atomic mass is 16.2. The second kappa shape index (κ2) is 8.89. The Morgan fingerprint density at radius 2 is 1.46 bits per heavy atom. The highest BCUT2D eigenvalue weighted by Crippen LogP contribution is 2.34. The average Bonchev–Trinajstić information content (AvgIpc) is 3.24. The molecule has 2 aromatic rings. The van der Waals surface area contributed by atoms with Gasteiger partial charge in [0.15, 0.2) is 0 Å². The van der Waals surface area contributed by atoms with Gasteiger partial charge in [-0.1, -0.05) is 67.1 Å². The zero-order valence-corrected chi connectivity index (χ0v) is 16.5. The van der Waals surface area contributed by atoms with Crippen molar-refractivity contribution in [3.63, 3.8) is 0 Å². The zero-order valence-electron chi connectivity index (χ0n) is 16.5.